The van der Waals surface area contributed by atoms with Crippen molar-refractivity contribution < 1.29 is 13.2 Å². The first-order chi connectivity index (χ1) is 17.0. The first-order valence-electron chi connectivity index (χ1n) is 10.8. The van der Waals surface area contributed by atoms with Gasteiger partial charge in [-0.1, -0.05) is 36.4 Å². The van der Waals surface area contributed by atoms with Crippen molar-refractivity contribution in [3.8, 4) is 17.1 Å². The summed E-state index contributed by atoms with van der Waals surface area (Å²) in [6.45, 7) is 0. The van der Waals surface area contributed by atoms with Crippen LogP contribution >= 0.6 is 0 Å². The predicted molar refractivity (Wildman–Crippen MR) is 129 cm³/mol. The molecular formula is C26H17F3N6. The molecule has 0 saturated carbocycles. The van der Waals surface area contributed by atoms with Crippen molar-refractivity contribution in [1.82, 2.24) is 24.7 Å². The van der Waals surface area contributed by atoms with E-state index in [2.05, 4.69) is 25.5 Å². The standard InChI is InChI=1S/C26H17F3N6/c27-26(28,29)18-10-3-1-8-16(18)23-30-19-11-4-2-9-17(19)24(31-23)32-25-22-20(33-34-25)12-7-13-21(22)35-14-5-6-15-35/h1-15H,(H2,30,31,32,33,34). The third kappa shape index (κ3) is 3.67. The maximum absolute atomic E-state index is 13.7. The van der Waals surface area contributed by atoms with E-state index in [4.69, 9.17) is 0 Å². The minimum absolute atomic E-state index is 0.0235. The number of nitrogens with zero attached hydrogens (tertiary/aromatic N) is 4. The van der Waals surface area contributed by atoms with Crippen molar-refractivity contribution in [3.63, 3.8) is 0 Å². The van der Waals surface area contributed by atoms with Gasteiger partial charge in [0, 0.05) is 23.3 Å². The SMILES string of the molecule is FC(F)(F)c1ccccc1-c1nc(Nc2n[nH]c3cccc(-n4cccc4)c23)c2ccccc2n1. The summed E-state index contributed by atoms with van der Waals surface area (Å²) in [6.07, 6.45) is -0.682. The molecule has 0 spiro atoms. The lowest BCUT2D eigenvalue weighted by Gasteiger charge is -2.14. The lowest BCUT2D eigenvalue weighted by Crippen LogP contribution is -2.09. The average Bonchev–Trinajstić information content (AvgIpc) is 3.54. The van der Waals surface area contributed by atoms with E-state index in [-0.39, 0.29) is 11.4 Å². The van der Waals surface area contributed by atoms with Crippen LogP contribution in [0, 0.1) is 0 Å². The largest absolute Gasteiger partial charge is 0.417 e. The maximum Gasteiger partial charge on any atom is 0.417 e. The number of anilines is 2. The Kier molecular flexibility index (Phi) is 4.77. The number of halogens is 3. The van der Waals surface area contributed by atoms with Crippen molar-refractivity contribution >= 4 is 33.4 Å². The molecule has 172 valence electrons. The second-order valence-corrected chi connectivity index (χ2v) is 7.94. The Morgan fingerprint density at radius 1 is 0.771 bits per heavy atom. The van der Waals surface area contributed by atoms with Gasteiger partial charge in [-0.05, 0) is 42.5 Å². The van der Waals surface area contributed by atoms with Gasteiger partial charge in [0.15, 0.2) is 11.6 Å². The molecule has 0 amide bonds. The van der Waals surface area contributed by atoms with Crippen LogP contribution in [0.15, 0.2) is 91.3 Å². The van der Waals surface area contributed by atoms with Gasteiger partial charge in [0.1, 0.15) is 5.82 Å². The van der Waals surface area contributed by atoms with E-state index in [1.807, 2.05) is 59.4 Å². The third-order valence-corrected chi connectivity index (χ3v) is 5.76. The quantitative estimate of drug-likeness (QED) is 0.300. The highest BCUT2D eigenvalue weighted by Crippen LogP contribution is 2.37. The zero-order chi connectivity index (χ0) is 24.0. The molecule has 35 heavy (non-hydrogen) atoms. The molecule has 6 aromatic rings. The van der Waals surface area contributed by atoms with Crippen molar-refractivity contribution in [3.05, 3.63) is 96.8 Å². The Morgan fingerprint density at radius 3 is 2.37 bits per heavy atom. The molecule has 0 saturated heterocycles. The molecule has 3 heterocycles. The van der Waals surface area contributed by atoms with Gasteiger partial charge >= 0.3 is 6.18 Å². The number of para-hydroxylation sites is 1. The summed E-state index contributed by atoms with van der Waals surface area (Å²) in [5.41, 5.74) is 1.34. The molecular weight excluding hydrogens is 453 g/mol. The highest BCUT2D eigenvalue weighted by molar-refractivity contribution is 6.00. The number of alkyl halides is 3. The Labute approximate surface area is 197 Å². The lowest BCUT2D eigenvalue weighted by molar-refractivity contribution is -0.137. The van der Waals surface area contributed by atoms with Crippen LogP contribution in [0.3, 0.4) is 0 Å². The summed E-state index contributed by atoms with van der Waals surface area (Å²) >= 11 is 0. The molecule has 9 heteroatoms. The molecule has 0 radical (unpaired) electrons. The summed E-state index contributed by atoms with van der Waals surface area (Å²) in [5, 5.41) is 12.2. The number of fused-ring (bicyclic) bond motifs is 2. The molecule has 6 nitrogen and oxygen atoms in total. The minimum Gasteiger partial charge on any atom is -0.323 e. The fraction of sp³-hybridized carbons (Fsp3) is 0.0385. The van der Waals surface area contributed by atoms with Crippen molar-refractivity contribution in [1.29, 1.82) is 0 Å². The smallest absolute Gasteiger partial charge is 0.323 e. The van der Waals surface area contributed by atoms with E-state index in [1.54, 1.807) is 18.2 Å². The van der Waals surface area contributed by atoms with Crippen molar-refractivity contribution in [2.75, 3.05) is 5.32 Å². The van der Waals surface area contributed by atoms with E-state index in [9.17, 15) is 13.2 Å². The van der Waals surface area contributed by atoms with E-state index in [0.29, 0.717) is 22.5 Å². The predicted octanol–water partition coefficient (Wildman–Crippen LogP) is 6.73. The maximum atomic E-state index is 13.7. The van der Waals surface area contributed by atoms with Gasteiger partial charge in [-0.3, -0.25) is 5.10 Å². The Bertz CT molecular complexity index is 1670. The van der Waals surface area contributed by atoms with Gasteiger partial charge < -0.3 is 9.88 Å². The van der Waals surface area contributed by atoms with Crippen LogP contribution in [0.2, 0.25) is 0 Å². The Balaban J connectivity index is 1.54. The zero-order valence-electron chi connectivity index (χ0n) is 18.1. The van der Waals surface area contributed by atoms with Crippen LogP contribution in [0.25, 0.3) is 38.9 Å². The van der Waals surface area contributed by atoms with Gasteiger partial charge in [0.2, 0.25) is 0 Å². The van der Waals surface area contributed by atoms with Crippen LogP contribution in [-0.2, 0) is 6.18 Å². The van der Waals surface area contributed by atoms with E-state index in [1.165, 1.54) is 12.1 Å². The number of aromatic amines is 1. The number of hydrogen-bond donors (Lipinski definition) is 2. The molecule has 0 aliphatic rings. The molecule has 2 N–H and O–H groups in total. The van der Waals surface area contributed by atoms with Gasteiger partial charge in [0.25, 0.3) is 0 Å². The zero-order valence-corrected chi connectivity index (χ0v) is 18.1. The normalized spacial score (nSPS) is 11.9. The van der Waals surface area contributed by atoms with E-state index >= 15 is 0 Å². The van der Waals surface area contributed by atoms with Gasteiger partial charge in [-0.2, -0.15) is 18.3 Å². The molecule has 0 aliphatic carbocycles. The second-order valence-electron chi connectivity index (χ2n) is 7.94. The second kappa shape index (κ2) is 7.98. The third-order valence-electron chi connectivity index (χ3n) is 5.76. The highest BCUT2D eigenvalue weighted by Gasteiger charge is 2.34. The molecule has 6 rings (SSSR count). The van der Waals surface area contributed by atoms with E-state index < -0.39 is 11.7 Å². The fourth-order valence-electron chi connectivity index (χ4n) is 4.18. The lowest BCUT2D eigenvalue weighted by atomic mass is 10.1. The van der Waals surface area contributed by atoms with Gasteiger partial charge in [-0.15, -0.1) is 0 Å². The molecule has 3 aromatic carbocycles. The van der Waals surface area contributed by atoms with Crippen LogP contribution in [-0.4, -0.2) is 24.7 Å². The number of aromatic nitrogens is 5. The highest BCUT2D eigenvalue weighted by atomic mass is 19.4. The summed E-state index contributed by atoms with van der Waals surface area (Å²) < 4.78 is 43.1. The number of rotatable bonds is 4. The summed E-state index contributed by atoms with van der Waals surface area (Å²) in [5.74, 6) is 0.839. The van der Waals surface area contributed by atoms with E-state index in [0.717, 1.165) is 22.7 Å². The minimum atomic E-state index is -4.54. The van der Waals surface area contributed by atoms with Crippen LogP contribution in [0.1, 0.15) is 5.56 Å². The van der Waals surface area contributed by atoms with Gasteiger partial charge in [-0.25, -0.2) is 9.97 Å². The average molecular weight is 470 g/mol. The molecule has 0 atom stereocenters. The first-order valence-corrected chi connectivity index (χ1v) is 10.8. The summed E-state index contributed by atoms with van der Waals surface area (Å²) in [6, 6.07) is 22.1. The summed E-state index contributed by atoms with van der Waals surface area (Å²) in [4.78, 5) is 8.98. The summed E-state index contributed by atoms with van der Waals surface area (Å²) in [7, 11) is 0. The molecule has 0 fully saturated rings. The molecule has 0 unspecified atom stereocenters. The monoisotopic (exact) mass is 470 g/mol. The number of H-pyrrole nitrogens is 1. The first kappa shape index (κ1) is 20.9. The fourth-order valence-corrected chi connectivity index (χ4v) is 4.18. The molecule has 3 aromatic heterocycles. The molecule has 0 bridgehead atoms. The van der Waals surface area contributed by atoms with Crippen LogP contribution in [0.4, 0.5) is 24.8 Å². The van der Waals surface area contributed by atoms with Crippen LogP contribution in [0.5, 0.6) is 0 Å². The molecule has 0 aliphatic heterocycles. The van der Waals surface area contributed by atoms with Crippen molar-refractivity contribution in [2.45, 2.75) is 6.18 Å². The van der Waals surface area contributed by atoms with Crippen molar-refractivity contribution in [2.24, 2.45) is 0 Å². The number of hydrogen-bond acceptors (Lipinski definition) is 4. The topological polar surface area (TPSA) is 71.4 Å². The van der Waals surface area contributed by atoms with Crippen LogP contribution < -0.4 is 5.32 Å². The van der Waals surface area contributed by atoms with Gasteiger partial charge in [0.05, 0.1) is 27.7 Å². The Hall–Kier alpha value is -4.66. The number of benzene rings is 3. The Morgan fingerprint density at radius 2 is 1.54 bits per heavy atom. The number of nitrogens with one attached hydrogen (secondary N) is 2.